The summed E-state index contributed by atoms with van der Waals surface area (Å²) < 4.78 is 0. The van der Waals surface area contributed by atoms with Crippen molar-refractivity contribution in [3.8, 4) is 0 Å². The van der Waals surface area contributed by atoms with E-state index < -0.39 is 0 Å². The van der Waals surface area contributed by atoms with Gasteiger partial charge >= 0.3 is 0 Å². The maximum absolute atomic E-state index is 8.37. The molecule has 1 heteroatoms. The van der Waals surface area contributed by atoms with Gasteiger partial charge in [-0.1, -0.05) is 31.9 Å². The van der Waals surface area contributed by atoms with Crippen molar-refractivity contribution in [1.29, 1.82) is 5.41 Å². The Labute approximate surface area is 130 Å². The second kappa shape index (κ2) is 4.70. The maximum atomic E-state index is 8.37. The van der Waals surface area contributed by atoms with Crippen LogP contribution in [0, 0.1) is 39.9 Å². The molecule has 0 aromatic rings. The molecule has 0 amide bonds. The molecule has 116 valence electrons. The standard InChI is InChI=1S/C20H31N/c1-14-7-8-18-19(14,2)11-10-17-16-6-4-3-5-15(16)9-12-20(17,18)13-21/h9,13-14,16-18,21H,3-8,10-12H2,1-2H3. The summed E-state index contributed by atoms with van der Waals surface area (Å²) in [5.41, 5.74) is 2.50. The zero-order valence-electron chi connectivity index (χ0n) is 13.8. The predicted molar refractivity (Wildman–Crippen MR) is 88.6 cm³/mol. The molecular weight excluding hydrogens is 254 g/mol. The first-order valence-electron chi connectivity index (χ1n) is 9.32. The molecule has 4 aliphatic rings. The van der Waals surface area contributed by atoms with Crippen LogP contribution in [0.5, 0.6) is 0 Å². The zero-order valence-corrected chi connectivity index (χ0v) is 13.8. The maximum Gasteiger partial charge on any atom is 0.0151 e. The fraction of sp³-hybridized carbons (Fsp3) is 0.850. The highest BCUT2D eigenvalue weighted by Crippen LogP contribution is 2.67. The van der Waals surface area contributed by atoms with Crippen molar-refractivity contribution in [2.24, 2.45) is 34.5 Å². The summed E-state index contributed by atoms with van der Waals surface area (Å²) in [4.78, 5) is 0. The summed E-state index contributed by atoms with van der Waals surface area (Å²) in [6.45, 7) is 5.03. The summed E-state index contributed by atoms with van der Waals surface area (Å²) in [6, 6.07) is 0. The van der Waals surface area contributed by atoms with Gasteiger partial charge in [0.2, 0.25) is 0 Å². The van der Waals surface area contributed by atoms with Gasteiger partial charge in [-0.05, 0) is 80.5 Å². The summed E-state index contributed by atoms with van der Waals surface area (Å²) in [6.07, 6.45) is 16.9. The van der Waals surface area contributed by atoms with Crippen LogP contribution in [0.1, 0.15) is 71.6 Å². The number of rotatable bonds is 1. The van der Waals surface area contributed by atoms with Crippen LogP contribution in [0.2, 0.25) is 0 Å². The van der Waals surface area contributed by atoms with Crippen molar-refractivity contribution in [2.75, 3.05) is 0 Å². The van der Waals surface area contributed by atoms with E-state index in [-0.39, 0.29) is 5.41 Å². The van der Waals surface area contributed by atoms with Crippen LogP contribution in [-0.2, 0) is 0 Å². The molecule has 21 heavy (non-hydrogen) atoms. The Balaban J connectivity index is 1.77. The van der Waals surface area contributed by atoms with E-state index in [1.54, 1.807) is 5.57 Å². The molecule has 0 heterocycles. The molecule has 4 aliphatic carbocycles. The highest BCUT2D eigenvalue weighted by Gasteiger charge is 2.61. The summed E-state index contributed by atoms with van der Waals surface area (Å²) in [7, 11) is 0. The first kappa shape index (κ1) is 14.0. The van der Waals surface area contributed by atoms with E-state index in [9.17, 15) is 0 Å². The van der Waals surface area contributed by atoms with E-state index in [1.807, 2.05) is 6.21 Å². The van der Waals surface area contributed by atoms with Crippen molar-refractivity contribution in [1.82, 2.24) is 0 Å². The number of allylic oxidation sites excluding steroid dienone is 2. The Hall–Kier alpha value is -0.590. The molecule has 6 atom stereocenters. The molecule has 3 fully saturated rings. The minimum absolute atomic E-state index is 0.212. The van der Waals surface area contributed by atoms with Gasteiger partial charge in [-0.15, -0.1) is 0 Å². The van der Waals surface area contributed by atoms with Crippen molar-refractivity contribution < 1.29 is 0 Å². The topological polar surface area (TPSA) is 23.9 Å². The van der Waals surface area contributed by atoms with Gasteiger partial charge < -0.3 is 5.41 Å². The first-order chi connectivity index (χ1) is 10.1. The average Bonchev–Trinajstić information content (AvgIpc) is 2.83. The molecule has 6 unspecified atom stereocenters. The molecule has 0 aromatic heterocycles. The van der Waals surface area contributed by atoms with Crippen LogP contribution >= 0.6 is 0 Å². The van der Waals surface area contributed by atoms with Crippen molar-refractivity contribution in [3.63, 3.8) is 0 Å². The fourth-order valence-corrected chi connectivity index (χ4v) is 6.94. The molecule has 0 aromatic carbocycles. The summed E-state index contributed by atoms with van der Waals surface area (Å²) in [5.74, 6) is 3.25. The van der Waals surface area contributed by atoms with Gasteiger partial charge in [0.1, 0.15) is 0 Å². The molecule has 3 saturated carbocycles. The van der Waals surface area contributed by atoms with E-state index >= 15 is 0 Å². The summed E-state index contributed by atoms with van der Waals surface area (Å²) in [5, 5.41) is 8.37. The molecule has 0 radical (unpaired) electrons. The van der Waals surface area contributed by atoms with Crippen molar-refractivity contribution >= 4 is 6.21 Å². The Bertz CT molecular complexity index is 478. The Kier molecular flexibility index (Phi) is 3.14. The highest BCUT2D eigenvalue weighted by atomic mass is 14.7. The Morgan fingerprint density at radius 3 is 2.86 bits per heavy atom. The van der Waals surface area contributed by atoms with Gasteiger partial charge in [0.25, 0.3) is 0 Å². The molecule has 1 N–H and O–H groups in total. The van der Waals surface area contributed by atoms with Gasteiger partial charge in [0.05, 0.1) is 0 Å². The van der Waals surface area contributed by atoms with E-state index in [0.717, 1.165) is 23.7 Å². The van der Waals surface area contributed by atoms with E-state index in [2.05, 4.69) is 19.9 Å². The number of hydrogen-bond donors (Lipinski definition) is 1. The van der Waals surface area contributed by atoms with Gasteiger partial charge in [0, 0.05) is 11.6 Å². The third-order valence-electron chi connectivity index (χ3n) is 8.32. The van der Waals surface area contributed by atoms with E-state index in [4.69, 9.17) is 5.41 Å². The Morgan fingerprint density at radius 1 is 1.19 bits per heavy atom. The summed E-state index contributed by atoms with van der Waals surface area (Å²) >= 11 is 0. The molecule has 0 aliphatic heterocycles. The minimum atomic E-state index is 0.212. The second-order valence-corrected chi connectivity index (χ2v) is 8.77. The van der Waals surface area contributed by atoms with Gasteiger partial charge in [-0.3, -0.25) is 0 Å². The molecule has 1 nitrogen and oxygen atoms in total. The molecular formula is C20H31N. The van der Waals surface area contributed by atoms with Gasteiger partial charge in [-0.25, -0.2) is 0 Å². The lowest BCUT2D eigenvalue weighted by Crippen LogP contribution is -2.54. The predicted octanol–water partition coefficient (Wildman–Crippen LogP) is 5.61. The third-order valence-corrected chi connectivity index (χ3v) is 8.32. The van der Waals surface area contributed by atoms with E-state index in [1.165, 1.54) is 57.8 Å². The lowest BCUT2D eigenvalue weighted by Gasteiger charge is -2.59. The zero-order chi connectivity index (χ0) is 14.7. The van der Waals surface area contributed by atoms with Crippen LogP contribution in [0.4, 0.5) is 0 Å². The van der Waals surface area contributed by atoms with Crippen LogP contribution in [0.3, 0.4) is 0 Å². The number of hydrogen-bond acceptors (Lipinski definition) is 1. The first-order valence-corrected chi connectivity index (χ1v) is 9.32. The quantitative estimate of drug-likeness (QED) is 0.478. The lowest BCUT2D eigenvalue weighted by molar-refractivity contribution is -0.0419. The number of fused-ring (bicyclic) bond motifs is 5. The molecule has 0 spiro atoms. The van der Waals surface area contributed by atoms with Crippen LogP contribution < -0.4 is 0 Å². The number of nitrogens with one attached hydrogen (secondary N) is 1. The van der Waals surface area contributed by atoms with E-state index in [0.29, 0.717) is 5.41 Å². The molecule has 0 saturated heterocycles. The van der Waals surface area contributed by atoms with Crippen molar-refractivity contribution in [3.05, 3.63) is 11.6 Å². The van der Waals surface area contributed by atoms with Crippen LogP contribution in [0.25, 0.3) is 0 Å². The largest absolute Gasteiger partial charge is 0.312 e. The normalized spacial score (nSPS) is 52.4. The van der Waals surface area contributed by atoms with Gasteiger partial charge in [-0.2, -0.15) is 0 Å². The lowest BCUT2D eigenvalue weighted by atomic mass is 9.45. The Morgan fingerprint density at radius 2 is 2.05 bits per heavy atom. The second-order valence-electron chi connectivity index (χ2n) is 8.77. The van der Waals surface area contributed by atoms with Crippen LogP contribution in [-0.4, -0.2) is 6.21 Å². The fourth-order valence-electron chi connectivity index (χ4n) is 6.94. The minimum Gasteiger partial charge on any atom is -0.312 e. The average molecular weight is 285 g/mol. The van der Waals surface area contributed by atoms with Crippen molar-refractivity contribution in [2.45, 2.75) is 71.6 Å². The monoisotopic (exact) mass is 285 g/mol. The molecule has 4 rings (SSSR count). The van der Waals surface area contributed by atoms with Crippen LogP contribution in [0.15, 0.2) is 11.6 Å². The van der Waals surface area contributed by atoms with Gasteiger partial charge in [0.15, 0.2) is 0 Å². The molecule has 0 bridgehead atoms. The smallest absolute Gasteiger partial charge is 0.0151 e. The third kappa shape index (κ3) is 1.72. The SMILES string of the molecule is CC1CCC2C1(C)CCC1C3CCCCC3=CCC12C=N. The highest BCUT2D eigenvalue weighted by molar-refractivity contribution is 5.66.